The first-order valence-corrected chi connectivity index (χ1v) is 6.45. The van der Waals surface area contributed by atoms with Gasteiger partial charge in [0, 0.05) is 11.3 Å². The molecule has 128 valence electrons. The Bertz CT molecular complexity index is 701. The molecular weight excluding hydrogens is 337 g/mol. The number of nitrogens with one attached hydrogen (secondary N) is 1. The number of anilines is 1. The fourth-order valence-corrected chi connectivity index (χ4v) is 1.76. The molecule has 0 bridgehead atoms. The lowest BCUT2D eigenvalue weighted by Gasteiger charge is -2.10. The second-order valence-corrected chi connectivity index (χ2v) is 4.43. The van der Waals surface area contributed by atoms with E-state index < -0.39 is 24.6 Å². The highest BCUT2D eigenvalue weighted by Crippen LogP contribution is 2.24. The molecular formula is C15H10F5NO3. The Kier molecular flexibility index (Phi) is 5.22. The first-order chi connectivity index (χ1) is 11.2. The van der Waals surface area contributed by atoms with Crippen molar-refractivity contribution in [3.8, 4) is 11.5 Å². The van der Waals surface area contributed by atoms with Gasteiger partial charge in [-0.2, -0.15) is 8.78 Å². The zero-order valence-corrected chi connectivity index (χ0v) is 11.8. The first-order valence-electron chi connectivity index (χ1n) is 6.45. The summed E-state index contributed by atoms with van der Waals surface area (Å²) >= 11 is 0. The van der Waals surface area contributed by atoms with Crippen LogP contribution in [-0.2, 0) is 0 Å². The van der Waals surface area contributed by atoms with Crippen molar-refractivity contribution in [3.05, 3.63) is 54.1 Å². The van der Waals surface area contributed by atoms with E-state index in [-0.39, 0.29) is 17.0 Å². The van der Waals surface area contributed by atoms with Crippen LogP contribution < -0.4 is 14.8 Å². The summed E-state index contributed by atoms with van der Waals surface area (Å²) in [5.41, 5.74) is 0.249. The molecule has 1 N–H and O–H groups in total. The smallest absolute Gasteiger partial charge is 0.435 e. The average molecular weight is 347 g/mol. The van der Waals surface area contributed by atoms with Crippen molar-refractivity contribution in [2.24, 2.45) is 0 Å². The maximum Gasteiger partial charge on any atom is 0.573 e. The molecule has 0 heterocycles. The highest BCUT2D eigenvalue weighted by molar-refractivity contribution is 6.04. The van der Waals surface area contributed by atoms with Gasteiger partial charge in [-0.1, -0.05) is 6.07 Å². The lowest BCUT2D eigenvalue weighted by molar-refractivity contribution is -0.274. The molecule has 0 aliphatic heterocycles. The summed E-state index contributed by atoms with van der Waals surface area (Å²) in [6.45, 7) is -3.02. The molecule has 24 heavy (non-hydrogen) atoms. The van der Waals surface area contributed by atoms with Gasteiger partial charge in [0.15, 0.2) is 0 Å². The van der Waals surface area contributed by atoms with E-state index in [9.17, 15) is 26.7 Å². The Labute approximate surface area is 132 Å². The van der Waals surface area contributed by atoms with Gasteiger partial charge in [0.05, 0.1) is 0 Å². The Morgan fingerprint density at radius 1 is 1.00 bits per heavy atom. The van der Waals surface area contributed by atoms with E-state index in [1.807, 2.05) is 0 Å². The standard InChI is InChI=1S/C15H10F5NO3/c16-14(17)23-12-3-1-2-9(8-12)13(22)21-10-4-6-11(7-5-10)24-15(18,19)20/h1-8,14H,(H,21,22). The van der Waals surface area contributed by atoms with Crippen molar-refractivity contribution in [1.29, 1.82) is 0 Å². The van der Waals surface area contributed by atoms with E-state index >= 15 is 0 Å². The molecule has 0 atom stereocenters. The van der Waals surface area contributed by atoms with Crippen LogP contribution in [0.5, 0.6) is 11.5 Å². The van der Waals surface area contributed by atoms with Gasteiger partial charge in [-0.3, -0.25) is 4.79 Å². The van der Waals surface area contributed by atoms with Crippen molar-refractivity contribution in [2.75, 3.05) is 5.32 Å². The van der Waals surface area contributed by atoms with Gasteiger partial charge >= 0.3 is 13.0 Å². The van der Waals surface area contributed by atoms with Gasteiger partial charge in [0.1, 0.15) is 11.5 Å². The number of carbonyl (C=O) groups is 1. The van der Waals surface area contributed by atoms with E-state index in [1.54, 1.807) is 0 Å². The molecule has 0 aliphatic carbocycles. The number of alkyl halides is 5. The SMILES string of the molecule is O=C(Nc1ccc(OC(F)(F)F)cc1)c1cccc(OC(F)F)c1. The van der Waals surface area contributed by atoms with Gasteiger partial charge < -0.3 is 14.8 Å². The molecule has 0 spiro atoms. The van der Waals surface area contributed by atoms with E-state index in [0.29, 0.717) is 0 Å². The number of hydrogen-bond donors (Lipinski definition) is 1. The fourth-order valence-electron chi connectivity index (χ4n) is 1.76. The van der Waals surface area contributed by atoms with E-state index in [2.05, 4.69) is 14.8 Å². The molecule has 0 saturated carbocycles. The van der Waals surface area contributed by atoms with Crippen LogP contribution in [-0.4, -0.2) is 18.9 Å². The molecule has 2 aromatic rings. The molecule has 0 aliphatic rings. The topological polar surface area (TPSA) is 47.6 Å². The normalized spacial score (nSPS) is 11.2. The van der Waals surface area contributed by atoms with Crippen molar-refractivity contribution in [2.45, 2.75) is 13.0 Å². The predicted octanol–water partition coefficient (Wildman–Crippen LogP) is 4.44. The lowest BCUT2D eigenvalue weighted by atomic mass is 10.2. The Hall–Kier alpha value is -2.84. The van der Waals surface area contributed by atoms with Crippen molar-refractivity contribution < 1.29 is 36.2 Å². The number of amides is 1. The average Bonchev–Trinajstić information content (AvgIpc) is 2.47. The van der Waals surface area contributed by atoms with Gasteiger partial charge in [-0.15, -0.1) is 13.2 Å². The first kappa shape index (κ1) is 17.5. The summed E-state index contributed by atoms with van der Waals surface area (Å²) in [6, 6.07) is 9.56. The summed E-state index contributed by atoms with van der Waals surface area (Å²) in [7, 11) is 0. The monoisotopic (exact) mass is 347 g/mol. The van der Waals surface area contributed by atoms with Gasteiger partial charge in [0.25, 0.3) is 5.91 Å². The summed E-state index contributed by atoms with van der Waals surface area (Å²) < 4.78 is 68.3. The minimum atomic E-state index is -4.81. The number of carbonyl (C=O) groups excluding carboxylic acids is 1. The van der Waals surface area contributed by atoms with Crippen LogP contribution in [0.15, 0.2) is 48.5 Å². The van der Waals surface area contributed by atoms with E-state index in [4.69, 9.17) is 0 Å². The van der Waals surface area contributed by atoms with E-state index in [1.165, 1.54) is 30.3 Å². The van der Waals surface area contributed by atoms with Crippen LogP contribution in [0.25, 0.3) is 0 Å². The molecule has 2 aromatic carbocycles. The molecule has 0 fully saturated rings. The third kappa shape index (κ3) is 5.41. The van der Waals surface area contributed by atoms with Crippen molar-refractivity contribution in [3.63, 3.8) is 0 Å². The van der Waals surface area contributed by atoms with Gasteiger partial charge in [-0.05, 0) is 42.5 Å². The summed E-state index contributed by atoms with van der Waals surface area (Å²) in [5.74, 6) is -1.27. The van der Waals surface area contributed by atoms with Crippen LogP contribution in [0.4, 0.5) is 27.6 Å². The number of ether oxygens (including phenoxy) is 2. The van der Waals surface area contributed by atoms with Crippen LogP contribution in [0, 0.1) is 0 Å². The largest absolute Gasteiger partial charge is 0.573 e. The predicted molar refractivity (Wildman–Crippen MR) is 74.2 cm³/mol. The van der Waals surface area contributed by atoms with Crippen molar-refractivity contribution in [1.82, 2.24) is 0 Å². The highest BCUT2D eigenvalue weighted by Gasteiger charge is 2.30. The quantitative estimate of drug-likeness (QED) is 0.814. The Morgan fingerprint density at radius 3 is 2.25 bits per heavy atom. The maximum absolute atomic E-state index is 12.1. The van der Waals surface area contributed by atoms with Crippen LogP contribution >= 0.6 is 0 Å². The number of benzene rings is 2. The summed E-state index contributed by atoms with van der Waals surface area (Å²) in [6.07, 6.45) is -4.81. The maximum atomic E-state index is 12.1. The summed E-state index contributed by atoms with van der Waals surface area (Å²) in [4.78, 5) is 12.0. The molecule has 4 nitrogen and oxygen atoms in total. The fraction of sp³-hybridized carbons (Fsp3) is 0.133. The van der Waals surface area contributed by atoms with Crippen LogP contribution in [0.2, 0.25) is 0 Å². The summed E-state index contributed by atoms with van der Waals surface area (Å²) in [5, 5.41) is 2.41. The molecule has 1 amide bonds. The molecule has 0 unspecified atom stereocenters. The zero-order valence-electron chi connectivity index (χ0n) is 11.8. The van der Waals surface area contributed by atoms with Gasteiger partial charge in [0.2, 0.25) is 0 Å². The van der Waals surface area contributed by atoms with Crippen molar-refractivity contribution >= 4 is 11.6 Å². The molecule has 0 aromatic heterocycles. The molecule has 0 radical (unpaired) electrons. The highest BCUT2D eigenvalue weighted by atomic mass is 19.4. The Balaban J connectivity index is 2.04. The molecule has 2 rings (SSSR count). The number of rotatable bonds is 5. The van der Waals surface area contributed by atoms with E-state index in [0.717, 1.165) is 18.2 Å². The third-order valence-corrected chi connectivity index (χ3v) is 2.67. The molecule has 9 heteroatoms. The second kappa shape index (κ2) is 7.16. The van der Waals surface area contributed by atoms with Gasteiger partial charge in [-0.25, -0.2) is 0 Å². The zero-order chi connectivity index (χ0) is 17.7. The van der Waals surface area contributed by atoms with Crippen LogP contribution in [0.1, 0.15) is 10.4 Å². The third-order valence-electron chi connectivity index (χ3n) is 2.67. The second-order valence-electron chi connectivity index (χ2n) is 4.43. The number of halogens is 5. The minimum absolute atomic E-state index is 0.0452. The van der Waals surface area contributed by atoms with Crippen LogP contribution in [0.3, 0.4) is 0 Å². The molecule has 0 saturated heterocycles. The minimum Gasteiger partial charge on any atom is -0.435 e. The Morgan fingerprint density at radius 2 is 1.67 bits per heavy atom. The lowest BCUT2D eigenvalue weighted by Crippen LogP contribution is -2.17. The number of hydrogen-bond acceptors (Lipinski definition) is 3.